The third kappa shape index (κ3) is 4.45. The molecule has 0 N–H and O–H groups in total. The second-order valence-electron chi connectivity index (χ2n) is 5.31. The van der Waals surface area contributed by atoms with Crippen LogP contribution in [0.25, 0.3) is 0 Å². The van der Waals surface area contributed by atoms with Crippen LogP contribution in [0.3, 0.4) is 0 Å². The summed E-state index contributed by atoms with van der Waals surface area (Å²) in [7, 11) is 2.32. The summed E-state index contributed by atoms with van der Waals surface area (Å²) < 4.78 is 0. The summed E-state index contributed by atoms with van der Waals surface area (Å²) in [4.78, 5) is 2.60. The van der Waals surface area contributed by atoms with Gasteiger partial charge >= 0.3 is 0 Å². The Morgan fingerprint density at radius 1 is 1.07 bits per heavy atom. The van der Waals surface area contributed by atoms with Crippen LogP contribution in [0.2, 0.25) is 0 Å². The van der Waals surface area contributed by atoms with Gasteiger partial charge in [-0.25, -0.2) is 0 Å². The molecule has 1 fully saturated rings. The Hall–Kier alpha value is -0.0400. The Kier molecular flexibility index (Phi) is 5.54. The van der Waals surface area contributed by atoms with Crippen molar-refractivity contribution in [3.05, 3.63) is 0 Å². The van der Waals surface area contributed by atoms with Gasteiger partial charge in [-0.2, -0.15) is 0 Å². The minimum Gasteiger partial charge on any atom is -0.303 e. The Morgan fingerprint density at radius 2 is 1.64 bits per heavy atom. The standard InChI is InChI=1S/C13H27N/c1-12(2)10-11-14(3)13-8-6-4-5-7-9-13/h12-13H,4-11H2,1-3H3. The number of nitrogens with zero attached hydrogens (tertiary/aromatic N) is 1. The normalized spacial score (nSPS) is 20.4. The maximum atomic E-state index is 2.60. The highest BCUT2D eigenvalue weighted by atomic mass is 15.1. The van der Waals surface area contributed by atoms with Crippen molar-refractivity contribution in [1.29, 1.82) is 0 Å². The molecule has 1 aliphatic carbocycles. The third-order valence-corrected chi connectivity index (χ3v) is 3.51. The zero-order chi connectivity index (χ0) is 10.4. The van der Waals surface area contributed by atoms with E-state index in [1.165, 1.54) is 51.5 Å². The average Bonchev–Trinajstić information content (AvgIpc) is 2.42. The predicted octanol–water partition coefficient (Wildman–Crippen LogP) is 3.69. The van der Waals surface area contributed by atoms with Gasteiger partial charge in [0.25, 0.3) is 0 Å². The topological polar surface area (TPSA) is 3.24 Å². The first kappa shape index (κ1) is 12.0. The Morgan fingerprint density at radius 3 is 2.14 bits per heavy atom. The molecule has 0 heterocycles. The summed E-state index contributed by atoms with van der Waals surface area (Å²) in [5.74, 6) is 0.850. The Bertz CT molecular complexity index is 134. The molecule has 0 radical (unpaired) electrons. The van der Waals surface area contributed by atoms with E-state index in [2.05, 4.69) is 25.8 Å². The van der Waals surface area contributed by atoms with Crippen LogP contribution in [-0.4, -0.2) is 24.5 Å². The second kappa shape index (κ2) is 6.44. The highest BCUT2D eigenvalue weighted by Crippen LogP contribution is 2.21. The first-order valence-corrected chi connectivity index (χ1v) is 6.40. The van der Waals surface area contributed by atoms with E-state index in [9.17, 15) is 0 Å². The average molecular weight is 197 g/mol. The lowest BCUT2D eigenvalue weighted by atomic mass is 10.1. The van der Waals surface area contributed by atoms with Crippen molar-refractivity contribution in [3.63, 3.8) is 0 Å². The van der Waals surface area contributed by atoms with Crippen molar-refractivity contribution in [2.75, 3.05) is 13.6 Å². The summed E-state index contributed by atoms with van der Waals surface area (Å²) in [6.07, 6.45) is 10.1. The molecule has 1 rings (SSSR count). The predicted molar refractivity (Wildman–Crippen MR) is 63.6 cm³/mol. The molecule has 1 saturated carbocycles. The van der Waals surface area contributed by atoms with Gasteiger partial charge in [-0.05, 0) is 38.8 Å². The molecule has 0 aliphatic heterocycles. The van der Waals surface area contributed by atoms with E-state index in [1.807, 2.05) is 0 Å². The zero-order valence-electron chi connectivity index (χ0n) is 10.3. The van der Waals surface area contributed by atoms with Crippen molar-refractivity contribution in [2.24, 2.45) is 5.92 Å². The quantitative estimate of drug-likeness (QED) is 0.621. The molecular formula is C13H27N. The second-order valence-corrected chi connectivity index (χ2v) is 5.31. The SMILES string of the molecule is CC(C)CCN(C)C1CCCCCC1. The fraction of sp³-hybridized carbons (Fsp3) is 1.00. The van der Waals surface area contributed by atoms with Crippen molar-refractivity contribution in [2.45, 2.75) is 64.8 Å². The van der Waals surface area contributed by atoms with Crippen LogP contribution < -0.4 is 0 Å². The number of hydrogen-bond acceptors (Lipinski definition) is 1. The van der Waals surface area contributed by atoms with Gasteiger partial charge in [0, 0.05) is 6.04 Å². The monoisotopic (exact) mass is 197 g/mol. The first-order valence-electron chi connectivity index (χ1n) is 6.40. The molecule has 14 heavy (non-hydrogen) atoms. The van der Waals surface area contributed by atoms with Crippen molar-refractivity contribution < 1.29 is 0 Å². The molecule has 0 unspecified atom stereocenters. The van der Waals surface area contributed by atoms with Crippen molar-refractivity contribution >= 4 is 0 Å². The molecule has 0 saturated heterocycles. The van der Waals surface area contributed by atoms with E-state index < -0.39 is 0 Å². The molecule has 0 aromatic heterocycles. The van der Waals surface area contributed by atoms with E-state index in [0.29, 0.717) is 0 Å². The van der Waals surface area contributed by atoms with Gasteiger partial charge in [0.2, 0.25) is 0 Å². The lowest BCUT2D eigenvalue weighted by molar-refractivity contribution is 0.210. The van der Waals surface area contributed by atoms with Crippen LogP contribution in [0.15, 0.2) is 0 Å². The zero-order valence-corrected chi connectivity index (χ0v) is 10.3. The number of rotatable bonds is 4. The summed E-state index contributed by atoms with van der Waals surface area (Å²) in [5, 5.41) is 0. The third-order valence-electron chi connectivity index (χ3n) is 3.51. The van der Waals surface area contributed by atoms with Gasteiger partial charge in [-0.15, -0.1) is 0 Å². The van der Waals surface area contributed by atoms with Crippen LogP contribution in [-0.2, 0) is 0 Å². The lowest BCUT2D eigenvalue weighted by Crippen LogP contribution is -2.32. The Balaban J connectivity index is 2.23. The molecule has 0 amide bonds. The largest absolute Gasteiger partial charge is 0.303 e. The minimum absolute atomic E-state index is 0.850. The van der Waals surface area contributed by atoms with E-state index in [4.69, 9.17) is 0 Å². The summed E-state index contributed by atoms with van der Waals surface area (Å²) in [5.41, 5.74) is 0. The van der Waals surface area contributed by atoms with Gasteiger partial charge in [0.1, 0.15) is 0 Å². The highest BCUT2D eigenvalue weighted by molar-refractivity contribution is 4.72. The van der Waals surface area contributed by atoms with Gasteiger partial charge < -0.3 is 4.90 Å². The molecular weight excluding hydrogens is 170 g/mol. The van der Waals surface area contributed by atoms with E-state index >= 15 is 0 Å². The van der Waals surface area contributed by atoms with Crippen LogP contribution in [0.4, 0.5) is 0 Å². The first-order chi connectivity index (χ1) is 6.70. The lowest BCUT2D eigenvalue weighted by Gasteiger charge is -2.27. The molecule has 0 spiro atoms. The van der Waals surface area contributed by atoms with Crippen LogP contribution in [0.5, 0.6) is 0 Å². The van der Waals surface area contributed by atoms with E-state index in [-0.39, 0.29) is 0 Å². The molecule has 0 aromatic rings. The molecule has 0 bridgehead atoms. The van der Waals surface area contributed by atoms with Gasteiger partial charge in [0.05, 0.1) is 0 Å². The number of hydrogen-bond donors (Lipinski definition) is 0. The fourth-order valence-corrected chi connectivity index (χ4v) is 2.34. The van der Waals surface area contributed by atoms with Gasteiger partial charge in [0.15, 0.2) is 0 Å². The summed E-state index contributed by atoms with van der Waals surface area (Å²) in [6, 6.07) is 0.885. The highest BCUT2D eigenvalue weighted by Gasteiger charge is 2.16. The van der Waals surface area contributed by atoms with Gasteiger partial charge in [-0.1, -0.05) is 39.5 Å². The fourth-order valence-electron chi connectivity index (χ4n) is 2.34. The molecule has 1 heteroatoms. The molecule has 0 aromatic carbocycles. The minimum atomic E-state index is 0.850. The molecule has 1 nitrogen and oxygen atoms in total. The van der Waals surface area contributed by atoms with Crippen LogP contribution >= 0.6 is 0 Å². The Labute approximate surface area is 89.9 Å². The molecule has 1 aliphatic rings. The maximum absolute atomic E-state index is 2.60. The molecule has 0 atom stereocenters. The van der Waals surface area contributed by atoms with Crippen molar-refractivity contribution in [1.82, 2.24) is 4.90 Å². The van der Waals surface area contributed by atoms with Crippen LogP contribution in [0, 0.1) is 5.92 Å². The van der Waals surface area contributed by atoms with E-state index in [0.717, 1.165) is 12.0 Å². The van der Waals surface area contributed by atoms with Crippen molar-refractivity contribution in [3.8, 4) is 0 Å². The van der Waals surface area contributed by atoms with Crippen LogP contribution in [0.1, 0.15) is 58.8 Å². The smallest absolute Gasteiger partial charge is 0.00922 e. The maximum Gasteiger partial charge on any atom is 0.00922 e. The summed E-state index contributed by atoms with van der Waals surface area (Å²) in [6.45, 7) is 5.93. The van der Waals surface area contributed by atoms with Gasteiger partial charge in [-0.3, -0.25) is 0 Å². The molecule has 84 valence electrons. The summed E-state index contributed by atoms with van der Waals surface area (Å²) >= 11 is 0. The van der Waals surface area contributed by atoms with E-state index in [1.54, 1.807) is 0 Å².